The number of rotatable bonds is 7. The Bertz CT molecular complexity index is 527. The molecule has 0 aliphatic rings. The number of hydrogen-bond acceptors (Lipinski definition) is 2. The maximum Gasteiger partial charge on any atom is 0.142 e. The fraction of sp³-hybridized carbons (Fsp3) is 0.375. The molecule has 1 heterocycles. The van der Waals surface area contributed by atoms with Crippen molar-refractivity contribution < 1.29 is 4.39 Å². The molecule has 1 aromatic heterocycles. The quantitative estimate of drug-likeness (QED) is 0.739. The third-order valence-corrected chi connectivity index (χ3v) is 4.43. The van der Waals surface area contributed by atoms with Gasteiger partial charge in [-0.05, 0) is 59.8 Å². The van der Waals surface area contributed by atoms with Gasteiger partial charge in [-0.1, -0.05) is 30.7 Å². The Morgan fingerprint density at radius 2 is 2.20 bits per heavy atom. The lowest BCUT2D eigenvalue weighted by Gasteiger charge is -2.20. The van der Waals surface area contributed by atoms with E-state index in [2.05, 4.69) is 29.1 Å². The van der Waals surface area contributed by atoms with Crippen molar-refractivity contribution in [1.29, 1.82) is 0 Å². The zero-order valence-corrected chi connectivity index (χ0v) is 13.1. The van der Waals surface area contributed by atoms with E-state index in [0.29, 0.717) is 0 Å². The van der Waals surface area contributed by atoms with Gasteiger partial charge in [0.25, 0.3) is 0 Å². The van der Waals surface area contributed by atoms with Crippen molar-refractivity contribution in [2.45, 2.75) is 32.2 Å². The molecular weight excluding hydrogens is 293 g/mol. The third kappa shape index (κ3) is 4.05. The zero-order chi connectivity index (χ0) is 14.4. The summed E-state index contributed by atoms with van der Waals surface area (Å²) in [4.78, 5) is 0. The molecule has 0 spiro atoms. The van der Waals surface area contributed by atoms with Crippen molar-refractivity contribution in [3.63, 3.8) is 0 Å². The first-order valence-corrected chi connectivity index (χ1v) is 8.22. The van der Waals surface area contributed by atoms with Gasteiger partial charge in [-0.25, -0.2) is 4.39 Å². The Balaban J connectivity index is 2.11. The molecular formula is C16H19ClFNS. The van der Waals surface area contributed by atoms with Crippen LogP contribution in [0.2, 0.25) is 5.02 Å². The number of hydrogen-bond donors (Lipinski definition) is 1. The van der Waals surface area contributed by atoms with Crippen molar-refractivity contribution in [1.82, 2.24) is 5.32 Å². The summed E-state index contributed by atoms with van der Waals surface area (Å²) in [5.41, 5.74) is 2.18. The lowest BCUT2D eigenvalue weighted by Crippen LogP contribution is -2.23. The van der Waals surface area contributed by atoms with E-state index < -0.39 is 0 Å². The van der Waals surface area contributed by atoms with Gasteiger partial charge in [0.2, 0.25) is 0 Å². The number of halogens is 2. The molecule has 20 heavy (non-hydrogen) atoms. The molecule has 1 N–H and O–H groups in total. The van der Waals surface area contributed by atoms with Gasteiger partial charge in [-0.3, -0.25) is 0 Å². The van der Waals surface area contributed by atoms with Gasteiger partial charge >= 0.3 is 0 Å². The van der Waals surface area contributed by atoms with Crippen LogP contribution in [0, 0.1) is 5.82 Å². The minimum absolute atomic E-state index is 0.0954. The van der Waals surface area contributed by atoms with Crippen molar-refractivity contribution in [3.8, 4) is 0 Å². The molecule has 0 aliphatic carbocycles. The minimum Gasteiger partial charge on any atom is -0.310 e. The van der Waals surface area contributed by atoms with Crippen LogP contribution in [-0.4, -0.2) is 6.54 Å². The number of thiophene rings is 1. The first-order chi connectivity index (χ1) is 9.72. The lowest BCUT2D eigenvalue weighted by molar-refractivity contribution is 0.496. The molecule has 0 radical (unpaired) electrons. The van der Waals surface area contributed by atoms with Gasteiger partial charge in [-0.15, -0.1) is 0 Å². The summed E-state index contributed by atoms with van der Waals surface area (Å²) in [5.74, 6) is -0.344. The van der Waals surface area contributed by atoms with Crippen LogP contribution in [0.3, 0.4) is 0 Å². The van der Waals surface area contributed by atoms with E-state index in [0.717, 1.165) is 31.4 Å². The summed E-state index contributed by atoms with van der Waals surface area (Å²) >= 11 is 7.82. The lowest BCUT2D eigenvalue weighted by atomic mass is 9.99. The summed E-state index contributed by atoms with van der Waals surface area (Å²) in [6.45, 7) is 3.03. The Hall–Kier alpha value is -0.900. The van der Waals surface area contributed by atoms with E-state index >= 15 is 0 Å². The molecule has 0 saturated heterocycles. The third-order valence-electron chi connectivity index (χ3n) is 3.30. The first kappa shape index (κ1) is 15.5. The normalized spacial score (nSPS) is 12.6. The van der Waals surface area contributed by atoms with Gasteiger partial charge in [-0.2, -0.15) is 11.3 Å². The number of nitrogens with one attached hydrogen (secondary N) is 1. The zero-order valence-electron chi connectivity index (χ0n) is 11.5. The van der Waals surface area contributed by atoms with Crippen LogP contribution in [0.15, 0.2) is 35.0 Å². The maximum atomic E-state index is 13.6. The second-order valence-corrected chi connectivity index (χ2v) is 5.98. The minimum atomic E-state index is -0.344. The smallest absolute Gasteiger partial charge is 0.142 e. The molecule has 0 fully saturated rings. The van der Waals surface area contributed by atoms with Crippen molar-refractivity contribution >= 4 is 22.9 Å². The van der Waals surface area contributed by atoms with E-state index in [1.807, 2.05) is 6.07 Å². The Kier molecular flexibility index (Phi) is 6.02. The summed E-state index contributed by atoms with van der Waals surface area (Å²) in [7, 11) is 0. The van der Waals surface area contributed by atoms with Crippen molar-refractivity contribution in [3.05, 3.63) is 57.0 Å². The fourth-order valence-electron chi connectivity index (χ4n) is 2.22. The summed E-state index contributed by atoms with van der Waals surface area (Å²) < 4.78 is 13.6. The van der Waals surface area contributed by atoms with Gasteiger partial charge in [0.15, 0.2) is 0 Å². The predicted molar refractivity (Wildman–Crippen MR) is 85.1 cm³/mol. The van der Waals surface area contributed by atoms with Crippen LogP contribution in [-0.2, 0) is 6.42 Å². The SMILES string of the molecule is CCCNC(CCc1ccsc1)c1cccc(F)c1Cl. The highest BCUT2D eigenvalue weighted by Crippen LogP contribution is 2.28. The van der Waals surface area contributed by atoms with Crippen molar-refractivity contribution in [2.75, 3.05) is 6.54 Å². The molecule has 0 amide bonds. The van der Waals surface area contributed by atoms with E-state index in [-0.39, 0.29) is 16.9 Å². The Morgan fingerprint density at radius 3 is 2.90 bits per heavy atom. The molecule has 2 rings (SSSR count). The Labute approximate surface area is 128 Å². The molecule has 1 unspecified atom stereocenters. The van der Waals surface area contributed by atoms with E-state index in [1.165, 1.54) is 11.6 Å². The van der Waals surface area contributed by atoms with Crippen LogP contribution < -0.4 is 5.32 Å². The predicted octanol–water partition coefficient (Wildman–Crippen LogP) is 5.21. The summed E-state index contributed by atoms with van der Waals surface area (Å²) in [6.07, 6.45) is 2.93. The maximum absolute atomic E-state index is 13.6. The molecule has 0 bridgehead atoms. The molecule has 1 atom stereocenters. The second-order valence-electron chi connectivity index (χ2n) is 4.82. The van der Waals surface area contributed by atoms with Crippen LogP contribution in [0.4, 0.5) is 4.39 Å². The van der Waals surface area contributed by atoms with Gasteiger partial charge < -0.3 is 5.32 Å². The molecule has 4 heteroatoms. The topological polar surface area (TPSA) is 12.0 Å². The molecule has 0 aliphatic heterocycles. The highest BCUT2D eigenvalue weighted by atomic mass is 35.5. The highest BCUT2D eigenvalue weighted by molar-refractivity contribution is 7.07. The van der Waals surface area contributed by atoms with Crippen LogP contribution in [0.1, 0.15) is 36.9 Å². The van der Waals surface area contributed by atoms with Gasteiger partial charge in [0.05, 0.1) is 5.02 Å². The largest absolute Gasteiger partial charge is 0.310 e. The summed E-state index contributed by atoms with van der Waals surface area (Å²) in [6, 6.07) is 7.27. The standard InChI is InChI=1S/C16H19ClFNS/c1-2-9-19-15(7-6-12-8-10-20-11-12)13-4-3-5-14(18)16(13)17/h3-5,8,10-11,15,19H,2,6-7,9H2,1H3. The van der Waals surface area contributed by atoms with E-state index in [4.69, 9.17) is 11.6 Å². The average molecular weight is 312 g/mol. The van der Waals surface area contributed by atoms with Crippen molar-refractivity contribution in [2.24, 2.45) is 0 Å². The molecule has 1 aromatic carbocycles. The van der Waals surface area contributed by atoms with Crippen LogP contribution in [0.5, 0.6) is 0 Å². The average Bonchev–Trinajstić information content (AvgIpc) is 2.96. The molecule has 0 saturated carbocycles. The highest BCUT2D eigenvalue weighted by Gasteiger charge is 2.16. The van der Waals surface area contributed by atoms with Crippen LogP contribution >= 0.6 is 22.9 Å². The molecule has 1 nitrogen and oxygen atoms in total. The molecule has 2 aromatic rings. The van der Waals surface area contributed by atoms with E-state index in [1.54, 1.807) is 17.4 Å². The number of aryl methyl sites for hydroxylation is 1. The van der Waals surface area contributed by atoms with Gasteiger partial charge in [0, 0.05) is 6.04 Å². The van der Waals surface area contributed by atoms with Crippen LogP contribution in [0.25, 0.3) is 0 Å². The fourth-order valence-corrected chi connectivity index (χ4v) is 3.18. The summed E-state index contributed by atoms with van der Waals surface area (Å²) in [5, 5.41) is 7.95. The first-order valence-electron chi connectivity index (χ1n) is 6.90. The second kappa shape index (κ2) is 7.77. The number of benzene rings is 1. The van der Waals surface area contributed by atoms with Gasteiger partial charge in [0.1, 0.15) is 5.82 Å². The van der Waals surface area contributed by atoms with E-state index in [9.17, 15) is 4.39 Å². The molecule has 108 valence electrons. The monoisotopic (exact) mass is 311 g/mol. The Morgan fingerprint density at radius 1 is 1.35 bits per heavy atom.